The Labute approximate surface area is 206 Å². The number of nitrogens with zero attached hydrogens (tertiary/aromatic N) is 1. The molecule has 1 heterocycles. The van der Waals surface area contributed by atoms with Crippen LogP contribution in [0, 0.1) is 0 Å². The highest BCUT2D eigenvalue weighted by Crippen LogP contribution is 2.31. The number of hydrogen-bond donors (Lipinski definition) is 1. The van der Waals surface area contributed by atoms with E-state index in [2.05, 4.69) is 10.3 Å². The van der Waals surface area contributed by atoms with Crippen LogP contribution in [0.4, 0.5) is 18.9 Å². The molecule has 0 saturated carbocycles. The van der Waals surface area contributed by atoms with Crippen LogP contribution in [0.5, 0.6) is 5.75 Å². The zero-order valence-corrected chi connectivity index (χ0v) is 19.5. The summed E-state index contributed by atoms with van der Waals surface area (Å²) in [6.07, 6.45) is -4.50. The highest BCUT2D eigenvalue weighted by Gasteiger charge is 2.30. The zero-order valence-electron chi connectivity index (χ0n) is 17.2. The van der Waals surface area contributed by atoms with E-state index in [9.17, 15) is 18.0 Å². The summed E-state index contributed by atoms with van der Waals surface area (Å²) in [5.41, 5.74) is 0.783. The van der Waals surface area contributed by atoms with Crippen molar-refractivity contribution in [2.24, 2.45) is 0 Å². The van der Waals surface area contributed by atoms with Gasteiger partial charge in [0.2, 0.25) is 0 Å². The van der Waals surface area contributed by atoms with Gasteiger partial charge in [-0.1, -0.05) is 47.5 Å². The van der Waals surface area contributed by atoms with E-state index in [1.165, 1.54) is 23.5 Å². The molecule has 0 aliphatic heterocycles. The second-order valence-electron chi connectivity index (χ2n) is 7.12. The van der Waals surface area contributed by atoms with Crippen LogP contribution in [0.2, 0.25) is 10.0 Å². The molecule has 4 rings (SSSR count). The number of nitrogens with one attached hydrogen (secondary N) is 1. The molecule has 0 fully saturated rings. The van der Waals surface area contributed by atoms with Crippen LogP contribution in [0.25, 0.3) is 10.6 Å². The van der Waals surface area contributed by atoms with Crippen molar-refractivity contribution >= 4 is 46.1 Å². The lowest BCUT2D eigenvalue weighted by atomic mass is 10.2. The van der Waals surface area contributed by atoms with E-state index in [-0.39, 0.29) is 18.0 Å². The summed E-state index contributed by atoms with van der Waals surface area (Å²) in [6, 6.07) is 16.7. The number of ether oxygens (including phenoxy) is 1. The highest BCUT2D eigenvalue weighted by atomic mass is 35.5. The number of halogens is 5. The van der Waals surface area contributed by atoms with Gasteiger partial charge in [0.15, 0.2) is 0 Å². The SMILES string of the molecule is O=C(Nc1cccc(C(F)(F)F)c1)c1csc(-c2cccc(OCc3ccc(Cl)cc3Cl)c2)n1. The van der Waals surface area contributed by atoms with Crippen molar-refractivity contribution in [1.82, 2.24) is 4.98 Å². The van der Waals surface area contributed by atoms with Crippen molar-refractivity contribution in [1.29, 1.82) is 0 Å². The van der Waals surface area contributed by atoms with Gasteiger partial charge in [-0.05, 0) is 42.5 Å². The molecule has 3 aromatic carbocycles. The normalized spacial score (nSPS) is 11.3. The van der Waals surface area contributed by atoms with E-state index in [1.54, 1.807) is 41.8 Å². The van der Waals surface area contributed by atoms with Crippen molar-refractivity contribution in [3.63, 3.8) is 0 Å². The molecule has 174 valence electrons. The minimum Gasteiger partial charge on any atom is -0.489 e. The molecule has 1 aromatic heterocycles. The van der Waals surface area contributed by atoms with Gasteiger partial charge in [-0.3, -0.25) is 4.79 Å². The van der Waals surface area contributed by atoms with Crippen molar-refractivity contribution in [3.8, 4) is 16.3 Å². The maximum Gasteiger partial charge on any atom is 0.416 e. The fourth-order valence-electron chi connectivity index (χ4n) is 3.00. The Bertz CT molecular complexity index is 1340. The first-order chi connectivity index (χ1) is 16.2. The number of anilines is 1. The van der Waals surface area contributed by atoms with Crippen molar-refractivity contribution in [3.05, 3.63) is 99.0 Å². The maximum absolute atomic E-state index is 12.9. The Balaban J connectivity index is 1.45. The standard InChI is InChI=1S/C24H15Cl2F3N2O2S/c25-17-8-7-15(20(26)11-17)12-33-19-6-1-3-14(9-19)23-31-21(13-34-23)22(32)30-18-5-2-4-16(10-18)24(27,28)29/h1-11,13H,12H2,(H,30,32). The summed E-state index contributed by atoms with van der Waals surface area (Å²) in [5.74, 6) is -0.0275. The molecule has 34 heavy (non-hydrogen) atoms. The molecule has 0 bridgehead atoms. The molecule has 0 atom stereocenters. The van der Waals surface area contributed by atoms with Crippen molar-refractivity contribution in [2.45, 2.75) is 12.8 Å². The van der Waals surface area contributed by atoms with Gasteiger partial charge >= 0.3 is 6.18 Å². The molecule has 0 aliphatic rings. The number of thiazole rings is 1. The second kappa shape index (κ2) is 10.0. The third kappa shape index (κ3) is 5.88. The molecule has 0 saturated heterocycles. The van der Waals surface area contributed by atoms with E-state index < -0.39 is 17.6 Å². The second-order valence-corrected chi connectivity index (χ2v) is 8.82. The first-order valence-corrected chi connectivity index (χ1v) is 11.4. The zero-order chi connectivity index (χ0) is 24.3. The number of benzene rings is 3. The minimum absolute atomic E-state index is 0.0330. The Morgan fingerprint density at radius 2 is 1.82 bits per heavy atom. The largest absolute Gasteiger partial charge is 0.489 e. The predicted molar refractivity (Wildman–Crippen MR) is 128 cm³/mol. The first kappa shape index (κ1) is 24.1. The predicted octanol–water partition coefficient (Wildman–Crippen LogP) is 7.97. The van der Waals surface area contributed by atoms with Crippen LogP contribution in [-0.2, 0) is 12.8 Å². The van der Waals surface area contributed by atoms with Gasteiger partial charge in [-0.25, -0.2) is 4.98 Å². The molecule has 0 spiro atoms. The molecule has 4 aromatic rings. The van der Waals surface area contributed by atoms with Gasteiger partial charge in [-0.2, -0.15) is 13.2 Å². The van der Waals surface area contributed by atoms with E-state index in [1.807, 2.05) is 6.07 Å². The van der Waals surface area contributed by atoms with Crippen LogP contribution in [0.1, 0.15) is 21.6 Å². The van der Waals surface area contributed by atoms with Crippen LogP contribution in [0.15, 0.2) is 72.1 Å². The van der Waals surface area contributed by atoms with Crippen LogP contribution in [0.3, 0.4) is 0 Å². The number of alkyl halides is 3. The quantitative estimate of drug-likeness (QED) is 0.279. The highest BCUT2D eigenvalue weighted by molar-refractivity contribution is 7.13. The van der Waals surface area contributed by atoms with E-state index in [0.29, 0.717) is 20.8 Å². The lowest BCUT2D eigenvalue weighted by Crippen LogP contribution is -2.13. The summed E-state index contributed by atoms with van der Waals surface area (Å²) >= 11 is 13.3. The Morgan fingerprint density at radius 3 is 2.59 bits per heavy atom. The lowest BCUT2D eigenvalue weighted by molar-refractivity contribution is -0.137. The Morgan fingerprint density at radius 1 is 1.03 bits per heavy atom. The van der Waals surface area contributed by atoms with Gasteiger partial charge in [0, 0.05) is 32.2 Å². The van der Waals surface area contributed by atoms with Gasteiger partial charge in [0.1, 0.15) is 23.1 Å². The van der Waals surface area contributed by atoms with E-state index in [4.69, 9.17) is 27.9 Å². The summed E-state index contributed by atoms with van der Waals surface area (Å²) in [4.78, 5) is 16.8. The summed E-state index contributed by atoms with van der Waals surface area (Å²) in [5, 5.41) is 5.59. The molecule has 10 heteroatoms. The number of rotatable bonds is 6. The van der Waals surface area contributed by atoms with Crippen LogP contribution < -0.4 is 10.1 Å². The third-order valence-electron chi connectivity index (χ3n) is 4.68. The number of hydrogen-bond acceptors (Lipinski definition) is 4. The van der Waals surface area contributed by atoms with Crippen molar-refractivity contribution in [2.75, 3.05) is 5.32 Å². The topological polar surface area (TPSA) is 51.2 Å². The molecule has 0 unspecified atom stereocenters. The lowest BCUT2D eigenvalue weighted by Gasteiger charge is -2.09. The molecular formula is C24H15Cl2F3N2O2S. The number of aromatic nitrogens is 1. The molecule has 1 amide bonds. The Kier molecular flexibility index (Phi) is 7.11. The third-order valence-corrected chi connectivity index (χ3v) is 6.15. The smallest absolute Gasteiger partial charge is 0.416 e. The van der Waals surface area contributed by atoms with Gasteiger partial charge in [-0.15, -0.1) is 11.3 Å². The molecule has 0 aliphatic carbocycles. The van der Waals surface area contributed by atoms with Gasteiger partial charge < -0.3 is 10.1 Å². The van der Waals surface area contributed by atoms with Crippen LogP contribution >= 0.6 is 34.5 Å². The summed E-state index contributed by atoms with van der Waals surface area (Å²) in [7, 11) is 0. The first-order valence-electron chi connectivity index (χ1n) is 9.80. The average Bonchev–Trinajstić information content (AvgIpc) is 3.29. The fraction of sp³-hybridized carbons (Fsp3) is 0.0833. The minimum atomic E-state index is -4.50. The molecule has 4 nitrogen and oxygen atoms in total. The molecular weight excluding hydrogens is 508 g/mol. The van der Waals surface area contributed by atoms with E-state index >= 15 is 0 Å². The van der Waals surface area contributed by atoms with Gasteiger partial charge in [0.25, 0.3) is 5.91 Å². The maximum atomic E-state index is 12.9. The fourth-order valence-corrected chi connectivity index (χ4v) is 4.26. The molecule has 0 radical (unpaired) electrons. The number of carbonyl (C=O) groups excluding carboxylic acids is 1. The number of amides is 1. The monoisotopic (exact) mass is 522 g/mol. The average molecular weight is 523 g/mol. The Hall–Kier alpha value is -3.07. The number of carbonyl (C=O) groups is 1. The van der Waals surface area contributed by atoms with Gasteiger partial charge in [0.05, 0.1) is 5.56 Å². The summed E-state index contributed by atoms with van der Waals surface area (Å²) in [6.45, 7) is 0.238. The molecule has 1 N–H and O–H groups in total. The summed E-state index contributed by atoms with van der Waals surface area (Å²) < 4.78 is 44.5. The van der Waals surface area contributed by atoms with E-state index in [0.717, 1.165) is 23.3 Å². The van der Waals surface area contributed by atoms with Crippen molar-refractivity contribution < 1.29 is 22.7 Å². The van der Waals surface area contributed by atoms with Crippen LogP contribution in [-0.4, -0.2) is 10.9 Å².